The molecule has 2 atom stereocenters. The zero-order chi connectivity index (χ0) is 14.0. The van der Waals surface area contributed by atoms with E-state index < -0.39 is 0 Å². The lowest BCUT2D eigenvalue weighted by atomic mass is 9.72. The topological polar surface area (TPSA) is 21.3 Å². The molecule has 3 heteroatoms. The molecule has 106 valence electrons. The minimum atomic E-state index is -0.235. The molecule has 0 bridgehead atoms. The van der Waals surface area contributed by atoms with Crippen molar-refractivity contribution in [3.8, 4) is 5.75 Å². The Hall–Kier alpha value is -1.09. The second kappa shape index (κ2) is 5.49. The molecule has 1 N–H and O–H groups in total. The Morgan fingerprint density at radius 2 is 2.11 bits per heavy atom. The Kier molecular flexibility index (Phi) is 4.14. The van der Waals surface area contributed by atoms with Crippen molar-refractivity contribution in [3.63, 3.8) is 0 Å². The summed E-state index contributed by atoms with van der Waals surface area (Å²) in [5, 5.41) is 3.35. The first-order valence-corrected chi connectivity index (χ1v) is 7.05. The van der Waals surface area contributed by atoms with Crippen LogP contribution in [0.3, 0.4) is 0 Å². The van der Waals surface area contributed by atoms with Gasteiger partial charge in [0.25, 0.3) is 0 Å². The molecular formula is C16H24FNO. The van der Waals surface area contributed by atoms with Crippen LogP contribution in [0.4, 0.5) is 4.39 Å². The lowest BCUT2D eigenvalue weighted by Crippen LogP contribution is -2.53. The third-order valence-corrected chi connectivity index (χ3v) is 4.27. The van der Waals surface area contributed by atoms with Gasteiger partial charge in [0.05, 0.1) is 0 Å². The van der Waals surface area contributed by atoms with E-state index in [1.54, 1.807) is 19.1 Å². The first kappa shape index (κ1) is 14.3. The maximum absolute atomic E-state index is 14.0. The average Bonchev–Trinajstić information content (AvgIpc) is 2.34. The fourth-order valence-corrected chi connectivity index (χ4v) is 3.16. The number of hydrogen-bond acceptors (Lipinski definition) is 2. The molecule has 0 heterocycles. The van der Waals surface area contributed by atoms with E-state index in [9.17, 15) is 4.39 Å². The molecule has 19 heavy (non-hydrogen) atoms. The number of ether oxygens (including phenoxy) is 1. The first-order valence-electron chi connectivity index (χ1n) is 7.05. The number of halogens is 1. The Morgan fingerprint density at radius 1 is 1.37 bits per heavy atom. The summed E-state index contributed by atoms with van der Waals surface area (Å²) in [7, 11) is 1.96. The molecule has 0 radical (unpaired) electrons. The molecule has 0 saturated heterocycles. The van der Waals surface area contributed by atoms with Gasteiger partial charge in [0.1, 0.15) is 6.10 Å². The minimum Gasteiger partial charge on any atom is -0.486 e. The molecule has 0 spiro atoms. The molecule has 0 aliphatic heterocycles. The van der Waals surface area contributed by atoms with E-state index in [1.807, 2.05) is 13.1 Å². The van der Waals surface area contributed by atoms with Crippen molar-refractivity contribution < 1.29 is 9.13 Å². The van der Waals surface area contributed by atoms with Crippen molar-refractivity contribution in [2.24, 2.45) is 5.41 Å². The van der Waals surface area contributed by atoms with Crippen molar-refractivity contribution in [2.75, 3.05) is 7.05 Å². The van der Waals surface area contributed by atoms with Crippen molar-refractivity contribution >= 4 is 0 Å². The second-order valence-corrected chi connectivity index (χ2v) is 6.19. The predicted molar refractivity (Wildman–Crippen MR) is 76.0 cm³/mol. The standard InChI is InChI=1S/C16H24FNO/c1-11-7-5-8-12(14(11)17)19-13-9-6-10-16(2,3)15(13)18-4/h5,7-8,13,15,18H,6,9-10H2,1-4H3. The molecule has 0 amide bonds. The van der Waals surface area contributed by atoms with Crippen molar-refractivity contribution in [3.05, 3.63) is 29.6 Å². The van der Waals surface area contributed by atoms with Crippen molar-refractivity contribution in [2.45, 2.75) is 52.2 Å². The van der Waals surface area contributed by atoms with E-state index in [-0.39, 0.29) is 23.4 Å². The third-order valence-electron chi connectivity index (χ3n) is 4.27. The summed E-state index contributed by atoms with van der Waals surface area (Å²) in [5.41, 5.74) is 0.811. The highest BCUT2D eigenvalue weighted by Crippen LogP contribution is 2.37. The van der Waals surface area contributed by atoms with E-state index in [1.165, 1.54) is 6.42 Å². The summed E-state index contributed by atoms with van der Waals surface area (Å²) in [5.74, 6) is 0.142. The Balaban J connectivity index is 2.19. The van der Waals surface area contributed by atoms with Gasteiger partial charge in [-0.1, -0.05) is 26.0 Å². The number of rotatable bonds is 3. The highest BCUT2D eigenvalue weighted by molar-refractivity contribution is 5.30. The van der Waals surface area contributed by atoms with Crippen LogP contribution < -0.4 is 10.1 Å². The normalized spacial score (nSPS) is 26.2. The number of likely N-dealkylation sites (N-methyl/N-ethyl adjacent to an activating group) is 1. The fourth-order valence-electron chi connectivity index (χ4n) is 3.16. The van der Waals surface area contributed by atoms with Gasteiger partial charge in [-0.05, 0) is 50.3 Å². The SMILES string of the molecule is CNC1C(Oc2cccc(C)c2F)CCCC1(C)C. The van der Waals surface area contributed by atoms with Crippen LogP contribution in [-0.4, -0.2) is 19.2 Å². The van der Waals surface area contributed by atoms with Gasteiger partial charge < -0.3 is 10.1 Å². The Labute approximate surface area is 115 Å². The van der Waals surface area contributed by atoms with E-state index >= 15 is 0 Å². The van der Waals surface area contributed by atoms with Gasteiger partial charge in [-0.25, -0.2) is 4.39 Å². The van der Waals surface area contributed by atoms with Crippen LogP contribution in [0.25, 0.3) is 0 Å². The molecule has 2 unspecified atom stereocenters. The Bertz CT molecular complexity index is 444. The van der Waals surface area contributed by atoms with Gasteiger partial charge in [-0.15, -0.1) is 0 Å². The van der Waals surface area contributed by atoms with Crippen molar-refractivity contribution in [1.82, 2.24) is 5.32 Å². The monoisotopic (exact) mass is 265 g/mol. The molecule has 1 fully saturated rings. The summed E-state index contributed by atoms with van der Waals surface area (Å²) >= 11 is 0. The third kappa shape index (κ3) is 2.92. The zero-order valence-corrected chi connectivity index (χ0v) is 12.3. The largest absolute Gasteiger partial charge is 0.486 e. The van der Waals surface area contributed by atoms with Crippen LogP contribution >= 0.6 is 0 Å². The highest BCUT2D eigenvalue weighted by atomic mass is 19.1. The second-order valence-electron chi connectivity index (χ2n) is 6.19. The maximum atomic E-state index is 14.0. The van der Waals surface area contributed by atoms with E-state index in [0.29, 0.717) is 11.3 Å². The number of benzene rings is 1. The molecular weight excluding hydrogens is 241 g/mol. The quantitative estimate of drug-likeness (QED) is 0.900. The van der Waals surface area contributed by atoms with Gasteiger partial charge in [0.2, 0.25) is 0 Å². The van der Waals surface area contributed by atoms with Crippen LogP contribution in [-0.2, 0) is 0 Å². The zero-order valence-electron chi connectivity index (χ0n) is 12.3. The van der Waals surface area contributed by atoms with Crippen LogP contribution in [0, 0.1) is 18.2 Å². The Morgan fingerprint density at radius 3 is 2.79 bits per heavy atom. The lowest BCUT2D eigenvalue weighted by molar-refractivity contribution is 0.0379. The molecule has 1 aromatic rings. The van der Waals surface area contributed by atoms with E-state index in [0.717, 1.165) is 12.8 Å². The van der Waals surface area contributed by atoms with E-state index in [4.69, 9.17) is 4.74 Å². The van der Waals surface area contributed by atoms with Crippen LogP contribution in [0.15, 0.2) is 18.2 Å². The average molecular weight is 265 g/mol. The predicted octanol–water partition coefficient (Wildman–Crippen LogP) is 3.68. The maximum Gasteiger partial charge on any atom is 0.167 e. The van der Waals surface area contributed by atoms with Crippen molar-refractivity contribution in [1.29, 1.82) is 0 Å². The summed E-state index contributed by atoms with van der Waals surface area (Å²) in [6.07, 6.45) is 3.31. The highest BCUT2D eigenvalue weighted by Gasteiger charge is 2.39. The molecule has 1 aliphatic rings. The van der Waals surface area contributed by atoms with E-state index in [2.05, 4.69) is 19.2 Å². The lowest BCUT2D eigenvalue weighted by Gasteiger charge is -2.43. The number of hydrogen-bond donors (Lipinski definition) is 1. The van der Waals surface area contributed by atoms with Gasteiger partial charge in [0.15, 0.2) is 11.6 Å². The van der Waals surface area contributed by atoms with Crippen LogP contribution in [0.2, 0.25) is 0 Å². The number of nitrogens with one attached hydrogen (secondary N) is 1. The minimum absolute atomic E-state index is 0.0325. The van der Waals surface area contributed by atoms with Crippen LogP contribution in [0.5, 0.6) is 5.75 Å². The fraction of sp³-hybridized carbons (Fsp3) is 0.625. The number of aryl methyl sites for hydroxylation is 1. The summed E-state index contributed by atoms with van der Waals surface area (Å²) < 4.78 is 20.0. The summed E-state index contributed by atoms with van der Waals surface area (Å²) in [6.45, 7) is 6.26. The van der Waals surface area contributed by atoms with Gasteiger partial charge in [-0.2, -0.15) is 0 Å². The molecule has 2 nitrogen and oxygen atoms in total. The molecule has 1 saturated carbocycles. The smallest absolute Gasteiger partial charge is 0.167 e. The van der Waals surface area contributed by atoms with Gasteiger partial charge in [-0.3, -0.25) is 0 Å². The summed E-state index contributed by atoms with van der Waals surface area (Å²) in [4.78, 5) is 0. The summed E-state index contributed by atoms with van der Waals surface area (Å²) in [6, 6.07) is 5.58. The molecule has 2 rings (SSSR count). The molecule has 1 aromatic carbocycles. The van der Waals surface area contributed by atoms with Crippen LogP contribution in [0.1, 0.15) is 38.7 Å². The van der Waals surface area contributed by atoms with Gasteiger partial charge >= 0.3 is 0 Å². The molecule has 1 aliphatic carbocycles. The first-order chi connectivity index (χ1) is 8.95. The molecule has 0 aromatic heterocycles. The van der Waals surface area contributed by atoms with Gasteiger partial charge in [0, 0.05) is 6.04 Å².